The van der Waals surface area contributed by atoms with E-state index in [0.717, 1.165) is 46.4 Å². The van der Waals surface area contributed by atoms with Gasteiger partial charge in [0.1, 0.15) is 23.1 Å². The fraction of sp³-hybridized carbons (Fsp3) is 0.355. The van der Waals surface area contributed by atoms with E-state index in [-0.39, 0.29) is 11.3 Å². The van der Waals surface area contributed by atoms with E-state index >= 15 is 0 Å². The molecule has 2 aromatic heterocycles. The molecule has 266 valence electrons. The standard InChI is InChI=1S/C17H22N2O4.C14H10F7N3O2/c1-17(2,3)14(15-18-9-10-19(15)16(20)21)11-23-13-7-5-12(22-4)6-8-13;1-24-6-7(10(23-24)13(17,18)19)11(25)22-8-4-2-3-5-9(8)26-14(20,21)12(15)16/h5-10,14H,11H2,1-4H3,(H,20,21);2-6,12H,1H3,(H,22,25). The minimum Gasteiger partial charge on any atom is -0.497 e. The van der Waals surface area contributed by atoms with Gasteiger partial charge in [0.25, 0.3) is 5.91 Å². The molecule has 0 saturated heterocycles. The first-order valence-corrected chi connectivity index (χ1v) is 14.1. The molecule has 2 aromatic carbocycles. The van der Waals surface area contributed by atoms with Crippen LogP contribution in [-0.4, -0.2) is 62.7 Å². The first-order valence-electron chi connectivity index (χ1n) is 14.1. The van der Waals surface area contributed by atoms with Crippen LogP contribution in [0.4, 0.5) is 41.2 Å². The number of hydrogen-bond acceptors (Lipinski definition) is 7. The van der Waals surface area contributed by atoms with Crippen molar-refractivity contribution in [3.8, 4) is 17.2 Å². The summed E-state index contributed by atoms with van der Waals surface area (Å²) in [4.78, 5) is 27.6. The van der Waals surface area contributed by atoms with Gasteiger partial charge < -0.3 is 24.6 Å². The molecule has 0 saturated carbocycles. The van der Waals surface area contributed by atoms with Gasteiger partial charge in [-0.3, -0.25) is 9.48 Å². The summed E-state index contributed by atoms with van der Waals surface area (Å²) in [6.45, 7) is 6.45. The second kappa shape index (κ2) is 15.3. The summed E-state index contributed by atoms with van der Waals surface area (Å²) in [6, 6.07) is 11.5. The number of rotatable bonds is 10. The third-order valence-electron chi connectivity index (χ3n) is 6.69. The zero-order chi connectivity index (χ0) is 36.7. The number of imidazole rings is 1. The number of hydrogen-bond donors (Lipinski definition) is 2. The van der Waals surface area contributed by atoms with E-state index in [0.29, 0.717) is 18.2 Å². The summed E-state index contributed by atoms with van der Waals surface area (Å²) < 4.78 is 106. The topological polar surface area (TPSA) is 130 Å². The Labute approximate surface area is 275 Å². The summed E-state index contributed by atoms with van der Waals surface area (Å²) in [5.74, 6) is -0.403. The van der Waals surface area contributed by atoms with E-state index in [1.165, 1.54) is 18.5 Å². The lowest BCUT2D eigenvalue weighted by molar-refractivity contribution is -0.252. The lowest BCUT2D eigenvalue weighted by Crippen LogP contribution is -2.33. The van der Waals surface area contributed by atoms with Crippen LogP contribution in [0.25, 0.3) is 0 Å². The molecule has 1 atom stereocenters. The highest BCUT2D eigenvalue weighted by atomic mass is 19.4. The lowest BCUT2D eigenvalue weighted by atomic mass is 9.80. The zero-order valence-corrected chi connectivity index (χ0v) is 26.6. The van der Waals surface area contributed by atoms with Gasteiger partial charge in [0, 0.05) is 25.6 Å². The number of ether oxygens (including phenoxy) is 3. The van der Waals surface area contributed by atoms with Crippen molar-refractivity contribution in [1.82, 2.24) is 19.3 Å². The van der Waals surface area contributed by atoms with Crippen LogP contribution < -0.4 is 19.5 Å². The molecule has 1 unspecified atom stereocenters. The van der Waals surface area contributed by atoms with Crippen LogP contribution in [0.1, 0.15) is 48.6 Å². The first-order chi connectivity index (χ1) is 22.7. The molecule has 4 aromatic rings. The molecular formula is C31H32F7N5O6. The highest BCUT2D eigenvalue weighted by Gasteiger charge is 2.44. The van der Waals surface area contributed by atoms with Gasteiger partial charge in [0.2, 0.25) is 0 Å². The SMILES string of the molecule is COc1ccc(OCC(c2nccn2C(=O)O)C(C)(C)C)cc1.Cn1cc(C(=O)Nc2ccccc2OC(F)(F)C(F)F)c(C(F)(F)F)n1. The van der Waals surface area contributed by atoms with E-state index in [1.807, 2.05) is 50.4 Å². The number of halogens is 7. The Bertz CT molecular complexity index is 1720. The Balaban J connectivity index is 0.000000267. The number of aromatic nitrogens is 4. The molecule has 2 N–H and O–H groups in total. The average Bonchev–Trinajstić information content (AvgIpc) is 3.65. The minimum absolute atomic E-state index is 0.171. The number of alkyl halides is 7. The number of nitrogens with one attached hydrogen (secondary N) is 1. The number of nitrogens with zero attached hydrogens (tertiary/aromatic N) is 4. The van der Waals surface area contributed by atoms with Crippen LogP contribution in [0.15, 0.2) is 67.1 Å². The van der Waals surface area contributed by atoms with Gasteiger partial charge in [-0.05, 0) is 41.8 Å². The van der Waals surface area contributed by atoms with Crippen molar-refractivity contribution in [3.05, 3.63) is 84.2 Å². The number of methoxy groups -OCH3 is 1. The normalized spacial score (nSPS) is 12.5. The van der Waals surface area contributed by atoms with Gasteiger partial charge in [0.15, 0.2) is 5.69 Å². The van der Waals surface area contributed by atoms with Crippen LogP contribution in [0.2, 0.25) is 0 Å². The maximum absolute atomic E-state index is 13.0. The highest BCUT2D eigenvalue weighted by molar-refractivity contribution is 6.05. The molecule has 11 nitrogen and oxygen atoms in total. The maximum Gasteiger partial charge on any atom is 0.461 e. The molecule has 0 aliphatic rings. The molecule has 0 radical (unpaired) electrons. The summed E-state index contributed by atoms with van der Waals surface area (Å²) >= 11 is 0. The molecule has 4 rings (SSSR count). The second-order valence-corrected chi connectivity index (χ2v) is 11.3. The monoisotopic (exact) mass is 703 g/mol. The number of benzene rings is 2. The van der Waals surface area contributed by atoms with Crippen molar-refractivity contribution < 1.29 is 59.6 Å². The average molecular weight is 704 g/mol. The van der Waals surface area contributed by atoms with Crippen molar-refractivity contribution >= 4 is 17.7 Å². The fourth-order valence-electron chi connectivity index (χ4n) is 4.20. The summed E-state index contributed by atoms with van der Waals surface area (Å²) in [5.41, 5.74) is -3.09. The minimum atomic E-state index is -4.94. The molecule has 0 spiro atoms. The van der Waals surface area contributed by atoms with Crippen molar-refractivity contribution in [2.75, 3.05) is 19.0 Å². The molecule has 18 heteroatoms. The number of carbonyl (C=O) groups is 2. The van der Waals surface area contributed by atoms with Gasteiger partial charge in [-0.1, -0.05) is 32.9 Å². The van der Waals surface area contributed by atoms with Crippen molar-refractivity contribution in [2.24, 2.45) is 12.5 Å². The van der Waals surface area contributed by atoms with Gasteiger partial charge in [-0.25, -0.2) is 14.3 Å². The first kappa shape index (κ1) is 38.2. The number of carboxylic acid groups (broad SMARTS) is 1. The Morgan fingerprint density at radius 1 is 0.980 bits per heavy atom. The Morgan fingerprint density at radius 2 is 1.59 bits per heavy atom. The number of carbonyl (C=O) groups excluding carboxylic acids is 1. The molecule has 49 heavy (non-hydrogen) atoms. The van der Waals surface area contributed by atoms with Crippen LogP contribution in [0.5, 0.6) is 17.2 Å². The lowest BCUT2D eigenvalue weighted by Gasteiger charge is -2.30. The summed E-state index contributed by atoms with van der Waals surface area (Å²) in [5, 5.41) is 14.3. The predicted molar refractivity (Wildman–Crippen MR) is 161 cm³/mol. The molecule has 0 aliphatic heterocycles. The van der Waals surface area contributed by atoms with E-state index in [1.54, 1.807) is 7.11 Å². The van der Waals surface area contributed by atoms with Crippen LogP contribution >= 0.6 is 0 Å². The molecule has 0 fully saturated rings. The maximum atomic E-state index is 13.0. The molecule has 2 heterocycles. The Morgan fingerprint density at radius 3 is 2.14 bits per heavy atom. The zero-order valence-electron chi connectivity index (χ0n) is 26.6. The van der Waals surface area contributed by atoms with Gasteiger partial charge in [-0.2, -0.15) is 35.8 Å². The van der Waals surface area contributed by atoms with Crippen molar-refractivity contribution in [1.29, 1.82) is 0 Å². The van der Waals surface area contributed by atoms with E-state index < -0.39 is 53.4 Å². The number of aryl methyl sites for hydroxylation is 1. The molecule has 0 aliphatic carbocycles. The van der Waals surface area contributed by atoms with Gasteiger partial charge >= 0.3 is 24.8 Å². The van der Waals surface area contributed by atoms with Gasteiger partial charge in [0.05, 0.1) is 30.9 Å². The van der Waals surface area contributed by atoms with E-state index in [9.17, 15) is 45.4 Å². The molecule has 1 amide bonds. The molecule has 0 bridgehead atoms. The quantitative estimate of drug-likeness (QED) is 0.162. The number of anilines is 1. The van der Waals surface area contributed by atoms with Crippen LogP contribution in [0.3, 0.4) is 0 Å². The molecular weight excluding hydrogens is 671 g/mol. The van der Waals surface area contributed by atoms with E-state index in [2.05, 4.69) is 14.8 Å². The predicted octanol–water partition coefficient (Wildman–Crippen LogP) is 7.55. The summed E-state index contributed by atoms with van der Waals surface area (Å²) in [6.07, 6.45) is -11.3. The highest BCUT2D eigenvalue weighted by Crippen LogP contribution is 2.36. The smallest absolute Gasteiger partial charge is 0.461 e. The Hall–Kier alpha value is -5.29. The second-order valence-electron chi connectivity index (χ2n) is 11.3. The number of amides is 1. The van der Waals surface area contributed by atoms with Crippen LogP contribution in [0, 0.1) is 5.41 Å². The van der Waals surface area contributed by atoms with Crippen molar-refractivity contribution in [2.45, 2.75) is 45.4 Å². The van der Waals surface area contributed by atoms with Crippen molar-refractivity contribution in [3.63, 3.8) is 0 Å². The van der Waals surface area contributed by atoms with Crippen LogP contribution in [-0.2, 0) is 13.2 Å². The fourth-order valence-corrected chi connectivity index (χ4v) is 4.20. The summed E-state index contributed by atoms with van der Waals surface area (Å²) in [7, 11) is 2.75. The third-order valence-corrected chi connectivity index (χ3v) is 6.69. The largest absolute Gasteiger partial charge is 0.497 e. The third kappa shape index (κ3) is 10.1. The number of para-hydroxylation sites is 2. The van der Waals surface area contributed by atoms with Gasteiger partial charge in [-0.15, -0.1) is 0 Å². The van der Waals surface area contributed by atoms with E-state index in [4.69, 9.17) is 9.47 Å². The Kier molecular flexibility index (Phi) is 11.9.